The van der Waals surface area contributed by atoms with Crippen LogP contribution in [0.3, 0.4) is 0 Å². The Kier molecular flexibility index (Phi) is 5.39. The summed E-state index contributed by atoms with van der Waals surface area (Å²) in [7, 11) is 0. The van der Waals surface area contributed by atoms with Crippen LogP contribution in [0, 0.1) is 6.92 Å². The Hall–Kier alpha value is -2.34. The Bertz CT molecular complexity index is 648. The molecule has 0 radical (unpaired) electrons. The lowest BCUT2D eigenvalue weighted by molar-refractivity contribution is 0.0354. The molecule has 124 valence electrons. The number of rotatable bonds is 6. The molecule has 0 saturated carbocycles. The first kappa shape index (κ1) is 17.0. The fourth-order valence-corrected chi connectivity index (χ4v) is 2.19. The SMILES string of the molecule is CCC(O)(CC)CNC(=O)Nc1nn(-c2ccccc2)cc1C. The Morgan fingerprint density at radius 1 is 1.26 bits per heavy atom. The van der Waals surface area contributed by atoms with Gasteiger partial charge in [0.15, 0.2) is 5.82 Å². The molecule has 23 heavy (non-hydrogen) atoms. The van der Waals surface area contributed by atoms with Gasteiger partial charge in [-0.3, -0.25) is 5.32 Å². The maximum Gasteiger partial charge on any atom is 0.320 e. The number of para-hydroxylation sites is 1. The average Bonchev–Trinajstić information content (AvgIpc) is 2.94. The monoisotopic (exact) mass is 316 g/mol. The number of benzene rings is 1. The summed E-state index contributed by atoms with van der Waals surface area (Å²) in [6, 6.07) is 9.32. The first-order valence-electron chi connectivity index (χ1n) is 7.86. The fraction of sp³-hybridized carbons (Fsp3) is 0.412. The number of amides is 2. The Morgan fingerprint density at radius 2 is 1.91 bits per heavy atom. The van der Waals surface area contributed by atoms with Gasteiger partial charge in [0.2, 0.25) is 0 Å². The molecule has 0 aliphatic rings. The maximum absolute atomic E-state index is 12.0. The molecular weight excluding hydrogens is 292 g/mol. The van der Waals surface area contributed by atoms with Crippen LogP contribution >= 0.6 is 0 Å². The third-order valence-corrected chi connectivity index (χ3v) is 4.04. The van der Waals surface area contributed by atoms with Crippen LogP contribution in [0.1, 0.15) is 32.3 Å². The molecule has 2 amide bonds. The third kappa shape index (κ3) is 4.32. The van der Waals surface area contributed by atoms with Crippen molar-refractivity contribution in [2.45, 2.75) is 39.2 Å². The molecule has 0 atom stereocenters. The van der Waals surface area contributed by atoms with Gasteiger partial charge in [-0.15, -0.1) is 5.10 Å². The quantitative estimate of drug-likeness (QED) is 0.766. The van der Waals surface area contributed by atoms with Gasteiger partial charge in [0, 0.05) is 18.3 Å². The minimum absolute atomic E-state index is 0.213. The standard InChI is InChI=1S/C17H24N4O2/c1-4-17(23,5-2)12-18-16(22)19-15-13(3)11-21(20-15)14-9-7-6-8-10-14/h6-11,23H,4-5,12H2,1-3H3,(H2,18,19,20,22). The second kappa shape index (κ2) is 7.28. The van der Waals surface area contributed by atoms with Crippen molar-refractivity contribution < 1.29 is 9.90 Å². The van der Waals surface area contributed by atoms with E-state index in [1.807, 2.05) is 57.3 Å². The number of carbonyl (C=O) groups is 1. The Balaban J connectivity index is 2.01. The maximum atomic E-state index is 12.0. The molecule has 1 heterocycles. The number of urea groups is 1. The van der Waals surface area contributed by atoms with Crippen LogP contribution in [0.4, 0.5) is 10.6 Å². The summed E-state index contributed by atoms with van der Waals surface area (Å²) < 4.78 is 1.72. The Labute approximate surface area is 136 Å². The highest BCUT2D eigenvalue weighted by Crippen LogP contribution is 2.16. The fourth-order valence-electron chi connectivity index (χ4n) is 2.19. The number of hydrogen-bond acceptors (Lipinski definition) is 3. The highest BCUT2D eigenvalue weighted by Gasteiger charge is 2.23. The second-order valence-electron chi connectivity index (χ2n) is 5.68. The van der Waals surface area contributed by atoms with E-state index in [0.717, 1.165) is 11.3 Å². The van der Waals surface area contributed by atoms with Gasteiger partial charge in [-0.1, -0.05) is 32.0 Å². The molecule has 0 bridgehead atoms. The van der Waals surface area contributed by atoms with Gasteiger partial charge in [0.05, 0.1) is 11.3 Å². The summed E-state index contributed by atoms with van der Waals surface area (Å²) in [5.74, 6) is 0.503. The number of aryl methyl sites for hydroxylation is 1. The molecule has 0 spiro atoms. The smallest absolute Gasteiger partial charge is 0.320 e. The van der Waals surface area contributed by atoms with Crippen molar-refractivity contribution in [3.63, 3.8) is 0 Å². The summed E-state index contributed by atoms with van der Waals surface area (Å²) in [5, 5.41) is 20.0. The zero-order chi connectivity index (χ0) is 16.9. The molecule has 3 N–H and O–H groups in total. The zero-order valence-electron chi connectivity index (χ0n) is 13.8. The van der Waals surface area contributed by atoms with E-state index in [-0.39, 0.29) is 12.6 Å². The van der Waals surface area contributed by atoms with Gasteiger partial charge in [-0.05, 0) is 31.9 Å². The van der Waals surface area contributed by atoms with Gasteiger partial charge < -0.3 is 10.4 Å². The topological polar surface area (TPSA) is 79.2 Å². The minimum Gasteiger partial charge on any atom is -0.388 e. The summed E-state index contributed by atoms with van der Waals surface area (Å²) in [5.41, 5.74) is 0.927. The second-order valence-corrected chi connectivity index (χ2v) is 5.68. The third-order valence-electron chi connectivity index (χ3n) is 4.04. The Morgan fingerprint density at radius 3 is 2.52 bits per heavy atom. The summed E-state index contributed by atoms with van der Waals surface area (Å²) in [4.78, 5) is 12.0. The number of anilines is 1. The van der Waals surface area contributed by atoms with E-state index in [2.05, 4.69) is 15.7 Å². The van der Waals surface area contributed by atoms with Crippen molar-refractivity contribution >= 4 is 11.8 Å². The summed E-state index contributed by atoms with van der Waals surface area (Å²) in [6.07, 6.45) is 3.04. The van der Waals surface area contributed by atoms with Crippen molar-refractivity contribution in [1.29, 1.82) is 0 Å². The van der Waals surface area contributed by atoms with Crippen LogP contribution < -0.4 is 10.6 Å². The summed E-state index contributed by atoms with van der Waals surface area (Å²) >= 11 is 0. The van der Waals surface area contributed by atoms with Crippen molar-refractivity contribution in [2.75, 3.05) is 11.9 Å². The van der Waals surface area contributed by atoms with Crippen LogP contribution in [0.2, 0.25) is 0 Å². The summed E-state index contributed by atoms with van der Waals surface area (Å²) in [6.45, 7) is 5.89. The molecule has 1 aromatic heterocycles. The highest BCUT2D eigenvalue weighted by molar-refractivity contribution is 5.88. The number of hydrogen-bond donors (Lipinski definition) is 3. The number of nitrogens with one attached hydrogen (secondary N) is 2. The van der Waals surface area contributed by atoms with Crippen molar-refractivity contribution in [3.8, 4) is 5.69 Å². The molecule has 6 nitrogen and oxygen atoms in total. The lowest BCUT2D eigenvalue weighted by Gasteiger charge is -2.25. The van der Waals surface area contributed by atoms with E-state index in [0.29, 0.717) is 18.7 Å². The molecule has 0 aliphatic heterocycles. The van der Waals surface area contributed by atoms with Crippen LogP contribution in [-0.2, 0) is 0 Å². The average molecular weight is 316 g/mol. The predicted octanol–water partition coefficient (Wildman–Crippen LogP) is 2.85. The van der Waals surface area contributed by atoms with E-state index >= 15 is 0 Å². The lowest BCUT2D eigenvalue weighted by atomic mass is 9.98. The molecule has 0 saturated heterocycles. The molecule has 0 unspecified atom stereocenters. The van der Waals surface area contributed by atoms with E-state index in [1.165, 1.54) is 0 Å². The minimum atomic E-state index is -0.865. The van der Waals surface area contributed by atoms with E-state index in [4.69, 9.17) is 0 Å². The van der Waals surface area contributed by atoms with E-state index in [1.54, 1.807) is 4.68 Å². The van der Waals surface area contributed by atoms with Crippen molar-refractivity contribution in [3.05, 3.63) is 42.1 Å². The molecule has 1 aromatic carbocycles. The molecule has 2 aromatic rings. The first-order valence-corrected chi connectivity index (χ1v) is 7.86. The largest absolute Gasteiger partial charge is 0.388 e. The van der Waals surface area contributed by atoms with Gasteiger partial charge >= 0.3 is 6.03 Å². The van der Waals surface area contributed by atoms with Crippen molar-refractivity contribution in [1.82, 2.24) is 15.1 Å². The highest BCUT2D eigenvalue weighted by atomic mass is 16.3. The molecule has 0 aliphatic carbocycles. The molecule has 6 heteroatoms. The number of carbonyl (C=O) groups excluding carboxylic acids is 1. The van der Waals surface area contributed by atoms with Gasteiger partial charge in [-0.25, -0.2) is 9.48 Å². The van der Waals surface area contributed by atoms with E-state index in [9.17, 15) is 9.90 Å². The van der Waals surface area contributed by atoms with Gasteiger partial charge in [0.25, 0.3) is 0 Å². The number of nitrogens with zero attached hydrogens (tertiary/aromatic N) is 2. The van der Waals surface area contributed by atoms with E-state index < -0.39 is 5.60 Å². The first-order chi connectivity index (χ1) is 11.0. The lowest BCUT2D eigenvalue weighted by Crippen LogP contribution is -2.43. The normalized spacial score (nSPS) is 11.3. The zero-order valence-corrected chi connectivity index (χ0v) is 13.8. The van der Waals surface area contributed by atoms with Crippen LogP contribution in [-0.4, -0.2) is 33.1 Å². The molecule has 0 fully saturated rings. The van der Waals surface area contributed by atoms with Crippen molar-refractivity contribution in [2.24, 2.45) is 0 Å². The van der Waals surface area contributed by atoms with Crippen LogP contribution in [0.25, 0.3) is 5.69 Å². The van der Waals surface area contributed by atoms with Crippen LogP contribution in [0.5, 0.6) is 0 Å². The van der Waals surface area contributed by atoms with Gasteiger partial charge in [0.1, 0.15) is 0 Å². The number of aliphatic hydroxyl groups is 1. The van der Waals surface area contributed by atoms with Gasteiger partial charge in [-0.2, -0.15) is 0 Å². The molecular formula is C17H24N4O2. The predicted molar refractivity (Wildman–Crippen MR) is 90.9 cm³/mol. The van der Waals surface area contributed by atoms with Crippen LogP contribution in [0.15, 0.2) is 36.5 Å². The number of aromatic nitrogens is 2. The molecule has 2 rings (SSSR count).